The molecule has 0 spiro atoms. The average Bonchev–Trinajstić information content (AvgIpc) is 2.96. The molecule has 4 heteroatoms. The van der Waals surface area contributed by atoms with E-state index in [9.17, 15) is 4.79 Å². The Bertz CT molecular complexity index is 633. The van der Waals surface area contributed by atoms with Crippen LogP contribution < -0.4 is 5.32 Å². The maximum Gasteiger partial charge on any atom is 0.263 e. The molecule has 0 saturated heterocycles. The maximum absolute atomic E-state index is 12.2. The lowest BCUT2D eigenvalue weighted by Crippen LogP contribution is -2.27. The first-order valence-electron chi connectivity index (χ1n) is 6.45. The van der Waals surface area contributed by atoms with Crippen molar-refractivity contribution in [3.05, 3.63) is 51.0 Å². The lowest BCUT2D eigenvalue weighted by atomic mass is 10.1. The largest absolute Gasteiger partial charge is 0.344 e. The van der Waals surface area contributed by atoms with Crippen molar-refractivity contribution in [2.75, 3.05) is 0 Å². The van der Waals surface area contributed by atoms with Crippen LogP contribution in [0.3, 0.4) is 0 Å². The van der Waals surface area contributed by atoms with Gasteiger partial charge in [-0.1, -0.05) is 23.8 Å². The van der Waals surface area contributed by atoms with Gasteiger partial charge in [-0.3, -0.25) is 4.79 Å². The molecule has 0 fully saturated rings. The molecule has 0 unspecified atom stereocenters. The summed E-state index contributed by atoms with van der Waals surface area (Å²) in [5.74, 6) is -0.000596. The average molecular weight is 272 g/mol. The van der Waals surface area contributed by atoms with Crippen LogP contribution >= 0.6 is 11.3 Å². The zero-order chi connectivity index (χ0) is 13.4. The zero-order valence-electron chi connectivity index (χ0n) is 11.1. The number of carbonyl (C=O) groups is 1. The van der Waals surface area contributed by atoms with Crippen LogP contribution in [0, 0.1) is 13.8 Å². The van der Waals surface area contributed by atoms with Gasteiger partial charge in [0.2, 0.25) is 0 Å². The Morgan fingerprint density at radius 2 is 2.26 bits per heavy atom. The fraction of sp³-hybridized carbons (Fsp3) is 0.333. The van der Waals surface area contributed by atoms with Crippen molar-refractivity contribution in [2.45, 2.75) is 32.7 Å². The topological polar surface area (TPSA) is 42.0 Å². The minimum Gasteiger partial charge on any atom is -0.344 e. The van der Waals surface area contributed by atoms with Crippen LogP contribution in [0.15, 0.2) is 23.7 Å². The van der Waals surface area contributed by atoms with Gasteiger partial charge in [0, 0.05) is 0 Å². The van der Waals surface area contributed by atoms with Crippen molar-refractivity contribution >= 4 is 17.2 Å². The van der Waals surface area contributed by atoms with E-state index < -0.39 is 0 Å². The van der Waals surface area contributed by atoms with Crippen molar-refractivity contribution < 1.29 is 4.79 Å². The van der Waals surface area contributed by atoms with E-state index in [1.54, 1.807) is 5.51 Å². The second-order valence-electron chi connectivity index (χ2n) is 5.03. The highest BCUT2D eigenvalue weighted by molar-refractivity contribution is 7.11. The van der Waals surface area contributed by atoms with E-state index in [-0.39, 0.29) is 11.9 Å². The Morgan fingerprint density at radius 3 is 3.00 bits per heavy atom. The van der Waals surface area contributed by atoms with Crippen LogP contribution in [-0.4, -0.2) is 10.9 Å². The highest BCUT2D eigenvalue weighted by atomic mass is 32.1. The summed E-state index contributed by atoms with van der Waals surface area (Å²) in [6.45, 7) is 3.96. The number of nitrogens with zero attached hydrogens (tertiary/aromatic N) is 1. The Morgan fingerprint density at radius 1 is 1.42 bits per heavy atom. The van der Waals surface area contributed by atoms with Gasteiger partial charge in [-0.05, 0) is 37.8 Å². The van der Waals surface area contributed by atoms with Gasteiger partial charge in [-0.25, -0.2) is 4.98 Å². The third-order valence-electron chi connectivity index (χ3n) is 3.64. The number of nitrogens with one attached hydrogen (secondary N) is 1. The van der Waals surface area contributed by atoms with Gasteiger partial charge in [-0.2, -0.15) is 0 Å². The number of aromatic nitrogens is 1. The van der Waals surface area contributed by atoms with Crippen molar-refractivity contribution in [3.63, 3.8) is 0 Å². The molecule has 1 heterocycles. The molecule has 3 nitrogen and oxygen atoms in total. The van der Waals surface area contributed by atoms with Gasteiger partial charge in [0.25, 0.3) is 5.91 Å². The van der Waals surface area contributed by atoms with Gasteiger partial charge < -0.3 is 5.32 Å². The molecule has 0 bridgehead atoms. The molecule has 1 aromatic heterocycles. The number of hydrogen-bond acceptors (Lipinski definition) is 3. The summed E-state index contributed by atoms with van der Waals surface area (Å²) in [5.41, 5.74) is 6.41. The summed E-state index contributed by atoms with van der Waals surface area (Å²) in [6, 6.07) is 6.64. The molecular weight excluding hydrogens is 256 g/mol. The molecule has 19 heavy (non-hydrogen) atoms. The fourth-order valence-corrected chi connectivity index (χ4v) is 3.32. The molecule has 3 rings (SSSR count). The molecule has 1 aromatic carbocycles. The molecule has 1 N–H and O–H groups in total. The van der Waals surface area contributed by atoms with E-state index in [1.807, 2.05) is 6.92 Å². The molecule has 2 aromatic rings. The van der Waals surface area contributed by atoms with Crippen LogP contribution in [0.5, 0.6) is 0 Å². The summed E-state index contributed by atoms with van der Waals surface area (Å²) in [4.78, 5) is 17.1. The van der Waals surface area contributed by atoms with Gasteiger partial charge in [0.05, 0.1) is 17.2 Å². The molecule has 1 atom stereocenters. The fourth-order valence-electron chi connectivity index (χ4n) is 2.62. The number of aryl methyl sites for hydroxylation is 3. The second-order valence-corrected chi connectivity index (χ2v) is 5.89. The quantitative estimate of drug-likeness (QED) is 0.912. The molecule has 1 aliphatic carbocycles. The smallest absolute Gasteiger partial charge is 0.263 e. The van der Waals surface area contributed by atoms with Crippen LogP contribution in [0.1, 0.15) is 44.5 Å². The summed E-state index contributed by atoms with van der Waals surface area (Å²) >= 11 is 1.40. The van der Waals surface area contributed by atoms with E-state index in [0.717, 1.165) is 23.4 Å². The minimum absolute atomic E-state index is 0.000596. The van der Waals surface area contributed by atoms with Gasteiger partial charge in [-0.15, -0.1) is 11.3 Å². The standard InChI is InChI=1S/C15H16N2OS/c1-9-3-4-11-5-6-13(12(11)7-9)17-15(18)14-10(2)16-8-19-14/h3-4,7-8,13H,5-6H2,1-2H3,(H,17,18)/t13-/m1/s1. The minimum atomic E-state index is -0.000596. The van der Waals surface area contributed by atoms with Crippen molar-refractivity contribution in [2.24, 2.45) is 0 Å². The second kappa shape index (κ2) is 4.78. The summed E-state index contributed by atoms with van der Waals surface area (Å²) < 4.78 is 0. The number of fused-ring (bicyclic) bond motifs is 1. The van der Waals surface area contributed by atoms with Gasteiger partial charge >= 0.3 is 0 Å². The highest BCUT2D eigenvalue weighted by Crippen LogP contribution is 2.32. The number of thiazole rings is 1. The van der Waals surface area contributed by atoms with Crippen LogP contribution in [0.25, 0.3) is 0 Å². The Labute approximate surface area is 116 Å². The molecule has 0 radical (unpaired) electrons. The monoisotopic (exact) mass is 272 g/mol. The van der Waals surface area contributed by atoms with Crippen LogP contribution in [0.4, 0.5) is 0 Å². The maximum atomic E-state index is 12.2. The third kappa shape index (κ3) is 2.28. The highest BCUT2D eigenvalue weighted by Gasteiger charge is 2.25. The van der Waals surface area contributed by atoms with Crippen LogP contribution in [0.2, 0.25) is 0 Å². The molecular formula is C15H16N2OS. The Balaban J connectivity index is 1.82. The number of carbonyl (C=O) groups excluding carboxylic acids is 1. The first-order chi connectivity index (χ1) is 9.15. The first kappa shape index (κ1) is 12.4. The van der Waals surface area contributed by atoms with Crippen molar-refractivity contribution in [3.8, 4) is 0 Å². The zero-order valence-corrected chi connectivity index (χ0v) is 11.9. The predicted octanol–water partition coefficient (Wildman–Crippen LogP) is 3.18. The molecule has 0 saturated carbocycles. The predicted molar refractivity (Wildman–Crippen MR) is 76.6 cm³/mol. The van der Waals surface area contributed by atoms with Crippen LogP contribution in [-0.2, 0) is 6.42 Å². The van der Waals surface area contributed by atoms with E-state index in [1.165, 1.54) is 28.0 Å². The van der Waals surface area contributed by atoms with E-state index in [2.05, 4.69) is 35.4 Å². The number of rotatable bonds is 2. The molecule has 1 amide bonds. The summed E-state index contributed by atoms with van der Waals surface area (Å²) in [5, 5.41) is 3.14. The summed E-state index contributed by atoms with van der Waals surface area (Å²) in [6.07, 6.45) is 2.03. The number of benzene rings is 1. The molecule has 1 aliphatic rings. The molecule has 98 valence electrons. The SMILES string of the molecule is Cc1ccc2c(c1)[C@H](NC(=O)c1scnc1C)CC2. The van der Waals surface area contributed by atoms with E-state index in [4.69, 9.17) is 0 Å². The lowest BCUT2D eigenvalue weighted by molar-refractivity contribution is 0.0940. The Kier molecular flexibility index (Phi) is 3.11. The van der Waals surface area contributed by atoms with E-state index >= 15 is 0 Å². The van der Waals surface area contributed by atoms with Crippen molar-refractivity contribution in [1.82, 2.24) is 10.3 Å². The van der Waals surface area contributed by atoms with Gasteiger partial charge in [0.1, 0.15) is 4.88 Å². The Hall–Kier alpha value is -1.68. The lowest BCUT2D eigenvalue weighted by Gasteiger charge is -2.14. The summed E-state index contributed by atoms with van der Waals surface area (Å²) in [7, 11) is 0. The normalized spacial score (nSPS) is 17.3. The van der Waals surface area contributed by atoms with Crippen molar-refractivity contribution in [1.29, 1.82) is 0 Å². The first-order valence-corrected chi connectivity index (χ1v) is 7.33. The number of amides is 1. The third-order valence-corrected chi connectivity index (χ3v) is 4.56. The van der Waals surface area contributed by atoms with Gasteiger partial charge in [0.15, 0.2) is 0 Å². The van der Waals surface area contributed by atoms with E-state index in [0.29, 0.717) is 0 Å². The number of hydrogen-bond donors (Lipinski definition) is 1. The molecule has 0 aliphatic heterocycles.